The van der Waals surface area contributed by atoms with Gasteiger partial charge < -0.3 is 62.2 Å². The highest BCUT2D eigenvalue weighted by atomic mass is 16.6. The zero-order valence-corrected chi connectivity index (χ0v) is 43.1. The Labute approximate surface area is 444 Å². The van der Waals surface area contributed by atoms with Crippen molar-refractivity contribution in [1.82, 2.24) is 46.6 Å². The quantitative estimate of drug-likeness (QED) is 0.0356. The molecule has 0 aliphatic carbocycles. The summed E-state index contributed by atoms with van der Waals surface area (Å²) >= 11 is 0. The van der Waals surface area contributed by atoms with Crippen LogP contribution >= 0.6 is 0 Å². The van der Waals surface area contributed by atoms with Crippen LogP contribution in [0.15, 0.2) is 42.5 Å². The second kappa shape index (κ2) is 27.8. The van der Waals surface area contributed by atoms with Gasteiger partial charge in [-0.05, 0) is 47.4 Å². The fourth-order valence-electron chi connectivity index (χ4n) is 9.72. The number of hydrogen-bond acceptors (Lipinski definition) is 17. The van der Waals surface area contributed by atoms with Crippen molar-refractivity contribution in [2.75, 3.05) is 70.3 Å². The van der Waals surface area contributed by atoms with E-state index in [1.165, 1.54) is 4.90 Å². The molecule has 6 rings (SSSR count). The first-order chi connectivity index (χ1) is 36.7. The molecule has 4 heterocycles. The average molecular weight is 1080 g/mol. The SMILES string of the molecule is CC[C@H](C)[C@H](NC(=O)CNC(=O)CNC(=O)[C@H](CCC(O)O)NC(=O)Cc1ccc(CN2CCN(CC(=O)O)CCN(CC(=O)O)CC2)cc1)C(=O)N[C@H]1CCc2cccc3c2N(C1=O)[C@H](C(=O)NC1CC(=O)OC1O)C3. The summed E-state index contributed by atoms with van der Waals surface area (Å²) in [4.78, 5) is 136. The van der Waals surface area contributed by atoms with Gasteiger partial charge in [0.15, 0.2) is 6.29 Å². The van der Waals surface area contributed by atoms with Crippen LogP contribution in [0.25, 0.3) is 0 Å². The fraction of sp³-hybridized carbons (Fsp3) is 0.569. The molecule has 2 aromatic carbocycles. The summed E-state index contributed by atoms with van der Waals surface area (Å²) in [5.74, 6) is -7.94. The van der Waals surface area contributed by atoms with Crippen LogP contribution in [0.5, 0.6) is 0 Å². The van der Waals surface area contributed by atoms with Crippen LogP contribution in [0.4, 0.5) is 5.69 Å². The van der Waals surface area contributed by atoms with Crippen molar-refractivity contribution >= 4 is 64.9 Å². The summed E-state index contributed by atoms with van der Waals surface area (Å²) in [7, 11) is 0. The number of cyclic esters (lactones) is 1. The van der Waals surface area contributed by atoms with Gasteiger partial charge in [0.2, 0.25) is 47.6 Å². The van der Waals surface area contributed by atoms with Gasteiger partial charge in [0.05, 0.1) is 44.7 Å². The number of anilines is 1. The highest BCUT2D eigenvalue weighted by Crippen LogP contribution is 2.39. The maximum atomic E-state index is 14.3. The number of amides is 7. The number of carbonyl (C=O) groups excluding carboxylic acids is 8. The number of hydrogen-bond donors (Lipinski definition) is 11. The Morgan fingerprint density at radius 1 is 0.714 bits per heavy atom. The Kier molecular flexibility index (Phi) is 21.4. The zero-order valence-electron chi connectivity index (χ0n) is 43.1. The largest absolute Gasteiger partial charge is 0.480 e. The van der Waals surface area contributed by atoms with Gasteiger partial charge >= 0.3 is 17.9 Å². The Morgan fingerprint density at radius 2 is 1.32 bits per heavy atom. The third kappa shape index (κ3) is 17.2. The molecule has 4 aliphatic rings. The van der Waals surface area contributed by atoms with E-state index < -0.39 is 121 Å². The van der Waals surface area contributed by atoms with E-state index in [4.69, 9.17) is 4.74 Å². The minimum Gasteiger partial charge on any atom is -0.480 e. The van der Waals surface area contributed by atoms with Crippen LogP contribution < -0.4 is 36.8 Å². The molecule has 0 aromatic heterocycles. The van der Waals surface area contributed by atoms with Gasteiger partial charge in [-0.15, -0.1) is 0 Å². The number of aryl methyl sites for hydroxylation is 1. The molecular weight excluding hydrogens is 1010 g/mol. The van der Waals surface area contributed by atoms with Crippen LogP contribution in [0.3, 0.4) is 0 Å². The van der Waals surface area contributed by atoms with Crippen molar-refractivity contribution in [3.63, 3.8) is 0 Å². The smallest absolute Gasteiger partial charge is 0.317 e. The Bertz CT molecular complexity index is 2470. The number of carboxylic acid groups (broad SMARTS) is 2. The lowest BCUT2D eigenvalue weighted by Crippen LogP contribution is -2.59. The van der Waals surface area contributed by atoms with Gasteiger partial charge in [0.1, 0.15) is 30.2 Å². The summed E-state index contributed by atoms with van der Waals surface area (Å²) in [5, 5.41) is 63.3. The number of para-hydroxylation sites is 1. The van der Waals surface area contributed by atoms with E-state index in [9.17, 15) is 73.5 Å². The highest BCUT2D eigenvalue weighted by molar-refractivity contribution is 6.08. The number of nitrogens with one attached hydrogen (secondary N) is 6. The van der Waals surface area contributed by atoms with Crippen LogP contribution in [-0.2, 0) is 78.5 Å². The van der Waals surface area contributed by atoms with Gasteiger partial charge in [0.25, 0.3) is 0 Å². The predicted molar refractivity (Wildman–Crippen MR) is 271 cm³/mol. The maximum absolute atomic E-state index is 14.3. The first-order valence-corrected chi connectivity index (χ1v) is 25.8. The molecule has 7 atom stereocenters. The summed E-state index contributed by atoms with van der Waals surface area (Å²) in [6.45, 7) is 5.20. The first-order valence-electron chi connectivity index (χ1n) is 25.8. The van der Waals surface area contributed by atoms with Gasteiger partial charge in [-0.3, -0.25) is 67.5 Å². The normalized spacial score (nSPS) is 21.2. The second-order valence-electron chi connectivity index (χ2n) is 19.9. The number of aliphatic hydroxyl groups is 3. The third-order valence-corrected chi connectivity index (χ3v) is 14.1. The van der Waals surface area contributed by atoms with Crippen molar-refractivity contribution in [1.29, 1.82) is 0 Å². The molecule has 26 heteroatoms. The fourth-order valence-corrected chi connectivity index (χ4v) is 9.72. The number of esters is 1. The molecule has 0 radical (unpaired) electrons. The summed E-state index contributed by atoms with van der Waals surface area (Å²) in [6.07, 6.45) is -3.16. The first kappa shape index (κ1) is 59.1. The van der Waals surface area contributed by atoms with Crippen LogP contribution in [-0.4, -0.2) is 208 Å². The second-order valence-corrected chi connectivity index (χ2v) is 19.9. The number of benzene rings is 2. The predicted octanol–water partition coefficient (Wildman–Crippen LogP) is -3.70. The molecule has 2 fully saturated rings. The minimum atomic E-state index is -1.80. The molecular formula is C51H70N10O16. The molecule has 26 nitrogen and oxygen atoms in total. The molecule has 2 saturated heterocycles. The number of ether oxygens (including phenoxy) is 1. The number of aliphatic hydroxyl groups excluding tert-OH is 2. The number of rotatable bonds is 24. The molecule has 2 unspecified atom stereocenters. The van der Waals surface area contributed by atoms with Crippen molar-refractivity contribution in [3.05, 3.63) is 64.7 Å². The topological polar surface area (TPSA) is 366 Å². The van der Waals surface area contributed by atoms with Crippen LogP contribution in [0, 0.1) is 5.92 Å². The van der Waals surface area contributed by atoms with E-state index in [-0.39, 0.29) is 51.6 Å². The number of carboxylic acids is 2. The molecule has 0 bridgehead atoms. The van der Waals surface area contributed by atoms with E-state index in [1.807, 2.05) is 24.3 Å². The summed E-state index contributed by atoms with van der Waals surface area (Å²) < 4.78 is 4.75. The summed E-state index contributed by atoms with van der Waals surface area (Å²) in [5.41, 5.74) is 3.54. The number of carbonyl (C=O) groups is 10. The van der Waals surface area contributed by atoms with Crippen molar-refractivity contribution in [2.24, 2.45) is 5.92 Å². The summed E-state index contributed by atoms with van der Waals surface area (Å²) in [6, 6.07) is 6.89. The van der Waals surface area contributed by atoms with Crippen LogP contribution in [0.2, 0.25) is 0 Å². The third-order valence-electron chi connectivity index (χ3n) is 14.1. The van der Waals surface area contributed by atoms with Crippen molar-refractivity contribution in [2.45, 2.75) is 115 Å². The zero-order chi connectivity index (χ0) is 55.9. The van der Waals surface area contributed by atoms with Gasteiger partial charge in [-0.2, -0.15) is 0 Å². The Hall–Kier alpha value is -7.10. The molecule has 4 aliphatic heterocycles. The molecule has 420 valence electrons. The van der Waals surface area contributed by atoms with E-state index in [1.54, 1.807) is 41.8 Å². The lowest BCUT2D eigenvalue weighted by Gasteiger charge is -2.30. The maximum Gasteiger partial charge on any atom is 0.317 e. The van der Waals surface area contributed by atoms with Crippen molar-refractivity contribution < 1.29 is 78.2 Å². The molecule has 7 amide bonds. The molecule has 0 spiro atoms. The highest BCUT2D eigenvalue weighted by Gasteiger charge is 2.46. The number of nitrogens with zero attached hydrogens (tertiary/aromatic N) is 4. The van der Waals surface area contributed by atoms with E-state index >= 15 is 0 Å². The Balaban J connectivity index is 0.978. The average Bonchev–Trinajstić information content (AvgIpc) is 3.93. The van der Waals surface area contributed by atoms with Gasteiger partial charge in [0, 0.05) is 58.7 Å². The van der Waals surface area contributed by atoms with E-state index in [0.29, 0.717) is 69.9 Å². The minimum absolute atomic E-state index is 0.145. The molecule has 0 saturated carbocycles. The van der Waals surface area contributed by atoms with E-state index in [0.717, 1.165) is 16.7 Å². The molecule has 77 heavy (non-hydrogen) atoms. The molecule has 2 aromatic rings. The van der Waals surface area contributed by atoms with E-state index in [2.05, 4.69) is 36.8 Å². The Morgan fingerprint density at radius 3 is 1.92 bits per heavy atom. The lowest BCUT2D eigenvalue weighted by molar-refractivity contribution is -0.155. The standard InChI is InChI=1S/C51H70N10O16/c1-3-29(2)45(49(74)55-35-12-11-32-5-4-6-33-22-37(61(46(32)33)50(35)75)48(73)56-36-23-44(71)77-51(36)76)57-40(64)25-52-39(63)24-53-47(72)34(13-14-41(65)66)54-38(62)21-30-7-9-31(10-8-30)26-58-15-17-59(27-42(67)68)19-20-60(18-16-58)28-43(69)70/h4-10,29,34-37,41,45,51,65-66,76H,3,11-28H2,1-2H3,(H,52,63)(H,53,72)(H,54,62)(H,55,74)(H,56,73)(H,57,64)(H,67,68)(H,69,70)/t29-,34-,35-,36?,37-,45-,51?/m0/s1. The number of aliphatic carboxylic acids is 2. The van der Waals surface area contributed by atoms with Gasteiger partial charge in [-0.1, -0.05) is 62.7 Å². The van der Waals surface area contributed by atoms with Crippen LogP contribution in [0.1, 0.15) is 68.2 Å². The lowest BCUT2D eigenvalue weighted by atomic mass is 9.97. The van der Waals surface area contributed by atoms with Gasteiger partial charge in [-0.25, -0.2) is 0 Å². The monoisotopic (exact) mass is 1080 g/mol. The van der Waals surface area contributed by atoms with Crippen molar-refractivity contribution in [3.8, 4) is 0 Å². The molecule has 11 N–H and O–H groups in total.